The van der Waals surface area contributed by atoms with E-state index in [9.17, 15) is 4.79 Å². The van der Waals surface area contributed by atoms with Crippen LogP contribution in [0.3, 0.4) is 0 Å². The highest BCUT2D eigenvalue weighted by atomic mass is 16.5. The van der Waals surface area contributed by atoms with Gasteiger partial charge in [-0.15, -0.1) is 0 Å². The SMILES string of the molecule is C=CC(OC(C)=O)c1cc(C)ccc1OC(C)(C)C=C. The molecule has 0 fully saturated rings. The van der Waals surface area contributed by atoms with E-state index in [0.29, 0.717) is 5.75 Å². The summed E-state index contributed by atoms with van der Waals surface area (Å²) < 4.78 is 11.2. The molecular weight excluding hydrogens is 252 g/mol. The smallest absolute Gasteiger partial charge is 0.303 e. The average molecular weight is 274 g/mol. The first-order valence-corrected chi connectivity index (χ1v) is 6.52. The quantitative estimate of drug-likeness (QED) is 0.578. The number of esters is 1. The van der Waals surface area contributed by atoms with Crippen molar-refractivity contribution in [3.05, 3.63) is 54.6 Å². The van der Waals surface area contributed by atoms with Crippen LogP contribution in [0.15, 0.2) is 43.5 Å². The fraction of sp³-hybridized carbons (Fsp3) is 0.353. The first-order valence-electron chi connectivity index (χ1n) is 6.52. The van der Waals surface area contributed by atoms with Crippen molar-refractivity contribution in [3.8, 4) is 5.75 Å². The Labute approximate surface area is 120 Å². The lowest BCUT2D eigenvalue weighted by Gasteiger charge is -2.26. The highest BCUT2D eigenvalue weighted by Gasteiger charge is 2.21. The van der Waals surface area contributed by atoms with Crippen molar-refractivity contribution >= 4 is 5.97 Å². The fourth-order valence-electron chi connectivity index (χ4n) is 1.73. The largest absolute Gasteiger partial charge is 0.483 e. The number of aryl methyl sites for hydroxylation is 1. The summed E-state index contributed by atoms with van der Waals surface area (Å²) in [5.41, 5.74) is 1.33. The summed E-state index contributed by atoms with van der Waals surface area (Å²) in [6.45, 7) is 14.7. The van der Waals surface area contributed by atoms with Crippen LogP contribution in [0.1, 0.15) is 38.0 Å². The lowest BCUT2D eigenvalue weighted by Crippen LogP contribution is -2.25. The van der Waals surface area contributed by atoms with Gasteiger partial charge < -0.3 is 9.47 Å². The maximum Gasteiger partial charge on any atom is 0.303 e. The van der Waals surface area contributed by atoms with Gasteiger partial charge in [0.15, 0.2) is 0 Å². The molecule has 0 aliphatic rings. The van der Waals surface area contributed by atoms with Crippen molar-refractivity contribution in [2.24, 2.45) is 0 Å². The molecule has 3 heteroatoms. The topological polar surface area (TPSA) is 35.5 Å². The molecule has 0 spiro atoms. The molecule has 1 aromatic rings. The summed E-state index contributed by atoms with van der Waals surface area (Å²) in [5.74, 6) is 0.303. The van der Waals surface area contributed by atoms with Crippen LogP contribution in [0.2, 0.25) is 0 Å². The number of carbonyl (C=O) groups excluding carboxylic acids is 1. The van der Waals surface area contributed by atoms with Crippen molar-refractivity contribution in [1.82, 2.24) is 0 Å². The minimum absolute atomic E-state index is 0.356. The van der Waals surface area contributed by atoms with Gasteiger partial charge in [-0.2, -0.15) is 0 Å². The molecule has 0 radical (unpaired) electrons. The number of carbonyl (C=O) groups is 1. The zero-order valence-corrected chi connectivity index (χ0v) is 12.6. The van der Waals surface area contributed by atoms with Crippen molar-refractivity contribution in [1.29, 1.82) is 0 Å². The van der Waals surface area contributed by atoms with Gasteiger partial charge in [-0.3, -0.25) is 4.79 Å². The molecule has 1 rings (SSSR count). The molecule has 0 heterocycles. The third-order valence-electron chi connectivity index (χ3n) is 2.84. The van der Waals surface area contributed by atoms with Crippen LogP contribution in [0.5, 0.6) is 5.75 Å². The second-order valence-electron chi connectivity index (χ2n) is 5.22. The third-order valence-corrected chi connectivity index (χ3v) is 2.84. The summed E-state index contributed by atoms with van der Waals surface area (Å²) in [4.78, 5) is 11.2. The molecule has 0 aromatic heterocycles. The molecule has 20 heavy (non-hydrogen) atoms. The van der Waals surface area contributed by atoms with Gasteiger partial charge in [0.25, 0.3) is 0 Å². The van der Waals surface area contributed by atoms with E-state index >= 15 is 0 Å². The molecular formula is C17H22O3. The van der Waals surface area contributed by atoms with Crippen molar-refractivity contribution in [2.45, 2.75) is 39.4 Å². The van der Waals surface area contributed by atoms with E-state index in [4.69, 9.17) is 9.47 Å². The summed E-state index contributed by atoms with van der Waals surface area (Å²) in [5, 5.41) is 0. The zero-order valence-electron chi connectivity index (χ0n) is 12.6. The fourth-order valence-corrected chi connectivity index (χ4v) is 1.73. The Bertz CT molecular complexity index is 515. The number of benzene rings is 1. The van der Waals surface area contributed by atoms with Crippen LogP contribution in [0, 0.1) is 6.92 Å². The summed E-state index contributed by atoms with van der Waals surface area (Å²) in [6.07, 6.45) is 2.79. The van der Waals surface area contributed by atoms with Crippen LogP contribution in [-0.2, 0) is 9.53 Å². The maximum atomic E-state index is 11.2. The molecule has 0 saturated carbocycles. The van der Waals surface area contributed by atoms with Crippen LogP contribution in [-0.4, -0.2) is 11.6 Å². The van der Waals surface area contributed by atoms with E-state index in [0.717, 1.165) is 11.1 Å². The Kier molecular flexibility index (Phi) is 5.14. The first-order chi connectivity index (χ1) is 9.29. The summed E-state index contributed by atoms with van der Waals surface area (Å²) in [7, 11) is 0. The van der Waals surface area contributed by atoms with Gasteiger partial charge in [-0.1, -0.05) is 24.8 Å². The highest BCUT2D eigenvalue weighted by molar-refractivity contribution is 5.66. The van der Waals surface area contributed by atoms with Crippen LogP contribution >= 0.6 is 0 Å². The third kappa shape index (κ3) is 4.26. The van der Waals surface area contributed by atoms with Gasteiger partial charge >= 0.3 is 5.97 Å². The molecule has 0 N–H and O–H groups in total. The zero-order chi connectivity index (χ0) is 15.3. The van der Waals surface area contributed by atoms with Gasteiger partial charge in [0.2, 0.25) is 0 Å². The van der Waals surface area contributed by atoms with Gasteiger partial charge in [-0.25, -0.2) is 0 Å². The summed E-state index contributed by atoms with van der Waals surface area (Å²) in [6, 6.07) is 5.76. The second kappa shape index (κ2) is 6.42. The molecule has 0 aliphatic carbocycles. The molecule has 3 nitrogen and oxygen atoms in total. The van der Waals surface area contributed by atoms with E-state index in [-0.39, 0.29) is 5.97 Å². The van der Waals surface area contributed by atoms with E-state index in [1.54, 1.807) is 12.2 Å². The number of ether oxygens (including phenoxy) is 2. The van der Waals surface area contributed by atoms with Gasteiger partial charge in [0, 0.05) is 12.5 Å². The van der Waals surface area contributed by atoms with Gasteiger partial charge in [0.05, 0.1) is 0 Å². The predicted octanol–water partition coefficient (Wildman–Crippen LogP) is 4.13. The highest BCUT2D eigenvalue weighted by Crippen LogP contribution is 2.32. The van der Waals surface area contributed by atoms with Crippen molar-refractivity contribution < 1.29 is 14.3 Å². The molecule has 1 unspecified atom stereocenters. The van der Waals surface area contributed by atoms with Crippen LogP contribution in [0.4, 0.5) is 0 Å². The lowest BCUT2D eigenvalue weighted by molar-refractivity contribution is -0.144. The Morgan fingerprint density at radius 1 is 1.35 bits per heavy atom. The molecule has 0 bridgehead atoms. The summed E-state index contributed by atoms with van der Waals surface area (Å²) >= 11 is 0. The average Bonchev–Trinajstić information content (AvgIpc) is 2.38. The lowest BCUT2D eigenvalue weighted by atomic mass is 10.0. The van der Waals surface area contributed by atoms with E-state index < -0.39 is 11.7 Å². The number of rotatable bonds is 6. The molecule has 1 aromatic carbocycles. The minimum atomic E-state index is -0.525. The van der Waals surface area contributed by atoms with Crippen LogP contribution in [0.25, 0.3) is 0 Å². The Balaban J connectivity index is 3.21. The normalized spacial score (nSPS) is 12.4. The monoisotopic (exact) mass is 274 g/mol. The van der Waals surface area contributed by atoms with Crippen molar-refractivity contribution in [2.75, 3.05) is 0 Å². The van der Waals surface area contributed by atoms with E-state index in [1.165, 1.54) is 6.92 Å². The van der Waals surface area contributed by atoms with Gasteiger partial charge in [-0.05, 0) is 45.1 Å². The van der Waals surface area contributed by atoms with E-state index in [1.807, 2.05) is 39.0 Å². The number of hydrogen-bond donors (Lipinski definition) is 0. The van der Waals surface area contributed by atoms with Crippen molar-refractivity contribution in [3.63, 3.8) is 0 Å². The van der Waals surface area contributed by atoms with E-state index in [2.05, 4.69) is 13.2 Å². The minimum Gasteiger partial charge on any atom is -0.483 e. The number of hydrogen-bond acceptors (Lipinski definition) is 3. The molecule has 0 aliphatic heterocycles. The first kappa shape index (κ1) is 16.0. The molecule has 0 amide bonds. The predicted molar refractivity (Wildman–Crippen MR) is 80.8 cm³/mol. The Morgan fingerprint density at radius 2 is 2.00 bits per heavy atom. The Hall–Kier alpha value is -2.03. The Morgan fingerprint density at radius 3 is 2.50 bits per heavy atom. The molecule has 0 saturated heterocycles. The maximum absolute atomic E-state index is 11.2. The molecule has 108 valence electrons. The standard InChI is InChI=1S/C17H22O3/c1-7-15(19-13(4)18)14-11-12(3)9-10-16(14)20-17(5,6)8-2/h7-11,15H,1-2H2,3-6H3. The molecule has 1 atom stereocenters. The van der Waals surface area contributed by atoms with Gasteiger partial charge in [0.1, 0.15) is 17.5 Å². The van der Waals surface area contributed by atoms with Crippen LogP contribution < -0.4 is 4.74 Å². The second-order valence-corrected chi connectivity index (χ2v) is 5.22.